The Balaban J connectivity index is 1.80. The lowest BCUT2D eigenvalue weighted by Crippen LogP contribution is -2.39. The van der Waals surface area contributed by atoms with E-state index in [4.69, 9.17) is 0 Å². The van der Waals surface area contributed by atoms with Crippen LogP contribution in [0.4, 0.5) is 11.4 Å². The summed E-state index contributed by atoms with van der Waals surface area (Å²) in [4.78, 5) is 13.5. The lowest BCUT2D eigenvalue weighted by molar-refractivity contribution is -0.114. The highest BCUT2D eigenvalue weighted by Gasteiger charge is 2.18. The van der Waals surface area contributed by atoms with E-state index in [1.165, 1.54) is 45.8 Å². The van der Waals surface area contributed by atoms with Gasteiger partial charge in [0.2, 0.25) is 5.91 Å². The number of carbonyl (C=O) groups excluding carboxylic acids is 1. The van der Waals surface area contributed by atoms with Gasteiger partial charge in [0.05, 0.1) is 0 Å². The number of hydrogen-bond acceptors (Lipinski definition) is 3. The Morgan fingerprint density at radius 3 is 2.35 bits per heavy atom. The number of rotatable bonds is 5. The average molecular weight is 275 g/mol. The summed E-state index contributed by atoms with van der Waals surface area (Å²) in [6.45, 7) is 7.36. The number of amides is 1. The average Bonchev–Trinajstić information content (AvgIpc) is 2.43. The number of benzene rings is 1. The Kier molecular flexibility index (Phi) is 5.41. The normalized spacial score (nSPS) is 16.9. The van der Waals surface area contributed by atoms with Crippen LogP contribution in [0.25, 0.3) is 0 Å². The molecule has 1 heterocycles. The van der Waals surface area contributed by atoms with Gasteiger partial charge < -0.3 is 15.5 Å². The fourth-order valence-electron chi connectivity index (χ4n) is 2.71. The molecule has 0 atom stereocenters. The summed E-state index contributed by atoms with van der Waals surface area (Å²) in [7, 11) is 0. The first-order valence-electron chi connectivity index (χ1n) is 7.54. The second kappa shape index (κ2) is 7.29. The molecule has 0 unspecified atom stereocenters. The SMILES string of the molecule is CCCN1CCC(Nc2ccc(NC(C)=O)cc2)CC1. The zero-order valence-corrected chi connectivity index (χ0v) is 12.5. The van der Waals surface area contributed by atoms with E-state index in [0.29, 0.717) is 6.04 Å². The third kappa shape index (κ3) is 4.53. The van der Waals surface area contributed by atoms with Crippen LogP contribution in [0, 0.1) is 0 Å². The van der Waals surface area contributed by atoms with Crippen LogP contribution < -0.4 is 10.6 Å². The molecule has 0 bridgehead atoms. The number of hydrogen-bond donors (Lipinski definition) is 2. The monoisotopic (exact) mass is 275 g/mol. The second-order valence-electron chi connectivity index (χ2n) is 5.52. The molecule has 0 aliphatic carbocycles. The molecule has 2 rings (SSSR count). The number of likely N-dealkylation sites (tertiary alicyclic amines) is 1. The van der Waals surface area contributed by atoms with Crippen molar-refractivity contribution in [2.75, 3.05) is 30.3 Å². The van der Waals surface area contributed by atoms with Crippen LogP contribution in [0.5, 0.6) is 0 Å². The molecular formula is C16H25N3O. The molecule has 2 N–H and O–H groups in total. The van der Waals surface area contributed by atoms with Gasteiger partial charge in [-0.1, -0.05) is 6.92 Å². The number of nitrogens with zero attached hydrogens (tertiary/aromatic N) is 1. The van der Waals surface area contributed by atoms with Gasteiger partial charge in [-0.05, 0) is 50.1 Å². The van der Waals surface area contributed by atoms with E-state index < -0.39 is 0 Å². The van der Waals surface area contributed by atoms with E-state index >= 15 is 0 Å². The predicted molar refractivity (Wildman–Crippen MR) is 84.1 cm³/mol. The summed E-state index contributed by atoms with van der Waals surface area (Å²) in [5.41, 5.74) is 1.98. The lowest BCUT2D eigenvalue weighted by Gasteiger charge is -2.32. The third-order valence-corrected chi connectivity index (χ3v) is 3.70. The molecule has 20 heavy (non-hydrogen) atoms. The zero-order valence-electron chi connectivity index (χ0n) is 12.5. The summed E-state index contributed by atoms with van der Waals surface area (Å²) in [6, 6.07) is 8.51. The molecular weight excluding hydrogens is 250 g/mol. The van der Waals surface area contributed by atoms with Crippen LogP contribution in [-0.2, 0) is 4.79 Å². The quantitative estimate of drug-likeness (QED) is 0.868. The molecule has 1 saturated heterocycles. The van der Waals surface area contributed by atoms with Gasteiger partial charge in [-0.15, -0.1) is 0 Å². The maximum atomic E-state index is 11.0. The number of piperidine rings is 1. The minimum atomic E-state index is -0.0333. The van der Waals surface area contributed by atoms with E-state index in [1.54, 1.807) is 0 Å². The van der Waals surface area contributed by atoms with Gasteiger partial charge in [-0.2, -0.15) is 0 Å². The number of carbonyl (C=O) groups is 1. The van der Waals surface area contributed by atoms with Gasteiger partial charge in [0.25, 0.3) is 0 Å². The van der Waals surface area contributed by atoms with E-state index in [1.807, 2.05) is 24.3 Å². The molecule has 0 saturated carbocycles. The molecule has 1 fully saturated rings. The number of anilines is 2. The highest BCUT2D eigenvalue weighted by atomic mass is 16.1. The minimum absolute atomic E-state index is 0.0333. The Hall–Kier alpha value is -1.55. The van der Waals surface area contributed by atoms with Crippen LogP contribution in [0.2, 0.25) is 0 Å². The smallest absolute Gasteiger partial charge is 0.221 e. The maximum absolute atomic E-state index is 11.0. The van der Waals surface area contributed by atoms with Crippen molar-refractivity contribution in [3.8, 4) is 0 Å². The van der Waals surface area contributed by atoms with Gasteiger partial charge >= 0.3 is 0 Å². The molecule has 0 spiro atoms. The van der Waals surface area contributed by atoms with Crippen molar-refractivity contribution in [1.29, 1.82) is 0 Å². The molecule has 4 nitrogen and oxygen atoms in total. The largest absolute Gasteiger partial charge is 0.382 e. The summed E-state index contributed by atoms with van der Waals surface area (Å²) >= 11 is 0. The summed E-state index contributed by atoms with van der Waals surface area (Å²) in [5.74, 6) is -0.0333. The Morgan fingerprint density at radius 2 is 1.80 bits per heavy atom. The second-order valence-corrected chi connectivity index (χ2v) is 5.52. The maximum Gasteiger partial charge on any atom is 0.221 e. The summed E-state index contributed by atoms with van der Waals surface area (Å²) in [5, 5.41) is 6.37. The van der Waals surface area contributed by atoms with E-state index in [0.717, 1.165) is 11.4 Å². The van der Waals surface area contributed by atoms with Gasteiger partial charge in [0.15, 0.2) is 0 Å². The van der Waals surface area contributed by atoms with Crippen molar-refractivity contribution in [3.63, 3.8) is 0 Å². The first kappa shape index (κ1) is 14.9. The molecule has 0 aromatic heterocycles. The molecule has 1 aliphatic rings. The molecule has 1 amide bonds. The van der Waals surface area contributed by atoms with Crippen molar-refractivity contribution in [1.82, 2.24) is 4.90 Å². The highest BCUT2D eigenvalue weighted by molar-refractivity contribution is 5.88. The molecule has 110 valence electrons. The minimum Gasteiger partial charge on any atom is -0.382 e. The van der Waals surface area contributed by atoms with Crippen molar-refractivity contribution in [2.45, 2.75) is 39.2 Å². The van der Waals surface area contributed by atoms with Crippen LogP contribution in [0.15, 0.2) is 24.3 Å². The van der Waals surface area contributed by atoms with Gasteiger partial charge in [0.1, 0.15) is 0 Å². The van der Waals surface area contributed by atoms with Crippen LogP contribution in [-0.4, -0.2) is 36.5 Å². The Bertz CT molecular complexity index is 422. The topological polar surface area (TPSA) is 44.4 Å². The Labute approximate surface area is 121 Å². The molecule has 4 heteroatoms. The fourth-order valence-corrected chi connectivity index (χ4v) is 2.71. The first-order valence-corrected chi connectivity index (χ1v) is 7.54. The molecule has 1 aromatic carbocycles. The van der Waals surface area contributed by atoms with Gasteiger partial charge in [0, 0.05) is 37.4 Å². The van der Waals surface area contributed by atoms with Crippen molar-refractivity contribution in [2.24, 2.45) is 0 Å². The zero-order chi connectivity index (χ0) is 14.4. The fraction of sp³-hybridized carbons (Fsp3) is 0.562. The standard InChI is InChI=1S/C16H25N3O/c1-3-10-19-11-8-16(9-12-19)18-15-6-4-14(5-7-15)17-13(2)20/h4-7,16,18H,3,8-12H2,1-2H3,(H,17,20). The van der Waals surface area contributed by atoms with Gasteiger partial charge in [-0.25, -0.2) is 0 Å². The first-order chi connectivity index (χ1) is 9.67. The van der Waals surface area contributed by atoms with Crippen molar-refractivity contribution in [3.05, 3.63) is 24.3 Å². The van der Waals surface area contributed by atoms with E-state index in [2.05, 4.69) is 22.5 Å². The van der Waals surface area contributed by atoms with Crippen molar-refractivity contribution >= 4 is 17.3 Å². The summed E-state index contributed by atoms with van der Waals surface area (Å²) in [6.07, 6.45) is 3.64. The molecule has 0 radical (unpaired) electrons. The molecule has 1 aromatic rings. The highest BCUT2D eigenvalue weighted by Crippen LogP contribution is 2.18. The Morgan fingerprint density at radius 1 is 1.20 bits per heavy atom. The van der Waals surface area contributed by atoms with Crippen molar-refractivity contribution < 1.29 is 4.79 Å². The van der Waals surface area contributed by atoms with Crippen LogP contribution in [0.3, 0.4) is 0 Å². The lowest BCUT2D eigenvalue weighted by atomic mass is 10.0. The van der Waals surface area contributed by atoms with Crippen LogP contribution in [0.1, 0.15) is 33.1 Å². The third-order valence-electron chi connectivity index (χ3n) is 3.70. The van der Waals surface area contributed by atoms with E-state index in [9.17, 15) is 4.79 Å². The number of nitrogens with one attached hydrogen (secondary N) is 2. The summed E-state index contributed by atoms with van der Waals surface area (Å²) < 4.78 is 0. The molecule has 1 aliphatic heterocycles. The van der Waals surface area contributed by atoms with E-state index in [-0.39, 0.29) is 5.91 Å². The predicted octanol–water partition coefficient (Wildman–Crippen LogP) is 2.93. The van der Waals surface area contributed by atoms with Crippen LogP contribution >= 0.6 is 0 Å². The van der Waals surface area contributed by atoms with Gasteiger partial charge in [-0.3, -0.25) is 4.79 Å².